The van der Waals surface area contributed by atoms with Crippen LogP contribution < -0.4 is 29.3 Å². The van der Waals surface area contributed by atoms with Gasteiger partial charge in [0.25, 0.3) is 5.91 Å². The van der Waals surface area contributed by atoms with Crippen molar-refractivity contribution in [3.63, 3.8) is 0 Å². The van der Waals surface area contributed by atoms with Crippen LogP contribution in [0.25, 0.3) is 10.9 Å². The van der Waals surface area contributed by atoms with Gasteiger partial charge < -0.3 is 29.3 Å². The number of likely N-dealkylation sites (N-methyl/N-ethyl adjacent to an activating group) is 1. The van der Waals surface area contributed by atoms with E-state index in [9.17, 15) is 4.79 Å². The minimum absolute atomic E-state index is 0.0199. The number of piperidine rings is 1. The van der Waals surface area contributed by atoms with Gasteiger partial charge >= 0.3 is 0 Å². The minimum Gasteiger partial charge on any atom is -0.486 e. The molecule has 0 saturated carbocycles. The molecule has 1 aromatic heterocycles. The van der Waals surface area contributed by atoms with Gasteiger partial charge in [0.15, 0.2) is 18.1 Å². The summed E-state index contributed by atoms with van der Waals surface area (Å²) in [5, 5.41) is 4.69. The van der Waals surface area contributed by atoms with Crippen LogP contribution in [-0.2, 0) is 4.79 Å². The van der Waals surface area contributed by atoms with E-state index in [0.717, 1.165) is 77.7 Å². The number of pyridine rings is 1. The summed E-state index contributed by atoms with van der Waals surface area (Å²) in [6.45, 7) is 5.28. The van der Waals surface area contributed by atoms with Gasteiger partial charge in [-0.15, -0.1) is 0 Å². The first-order valence-electron chi connectivity index (χ1n) is 12.3. The molecule has 2 aromatic carbocycles. The Morgan fingerprint density at radius 1 is 1.06 bits per heavy atom. The highest BCUT2D eigenvalue weighted by Gasteiger charge is 2.27. The van der Waals surface area contributed by atoms with Crippen molar-refractivity contribution in [1.82, 2.24) is 10.3 Å². The van der Waals surface area contributed by atoms with E-state index in [1.54, 1.807) is 11.9 Å². The topological polar surface area (TPSA) is 76.2 Å². The van der Waals surface area contributed by atoms with Crippen molar-refractivity contribution in [2.24, 2.45) is 0 Å². The fraction of sp³-hybridized carbons (Fsp3) is 0.407. The van der Waals surface area contributed by atoms with Gasteiger partial charge in [-0.2, -0.15) is 0 Å². The van der Waals surface area contributed by atoms with Crippen LogP contribution >= 0.6 is 0 Å². The maximum Gasteiger partial charge on any atom is 0.264 e. The normalized spacial score (nSPS) is 20.1. The molecule has 0 unspecified atom stereocenters. The summed E-state index contributed by atoms with van der Waals surface area (Å²) < 4.78 is 17.9. The number of hydrogen-bond acceptors (Lipinski definition) is 7. The number of ether oxygens (including phenoxy) is 3. The molecule has 4 heterocycles. The third-order valence-corrected chi connectivity index (χ3v) is 7.16. The van der Waals surface area contributed by atoms with Gasteiger partial charge in [0.1, 0.15) is 18.5 Å². The van der Waals surface area contributed by atoms with E-state index in [0.29, 0.717) is 12.6 Å². The molecule has 8 nitrogen and oxygen atoms in total. The van der Waals surface area contributed by atoms with Crippen LogP contribution in [0, 0.1) is 6.92 Å². The summed E-state index contributed by atoms with van der Waals surface area (Å²) in [5.74, 6) is 2.33. The molecule has 182 valence electrons. The highest BCUT2D eigenvalue weighted by atomic mass is 16.6. The number of carbonyl (C=O) groups excluding carboxylic acids is 1. The Morgan fingerprint density at radius 2 is 1.89 bits per heavy atom. The monoisotopic (exact) mass is 474 g/mol. The highest BCUT2D eigenvalue weighted by molar-refractivity contribution is 5.98. The molecule has 3 aliphatic rings. The number of anilines is 2. The van der Waals surface area contributed by atoms with Crippen LogP contribution in [-0.4, -0.2) is 62.9 Å². The van der Waals surface area contributed by atoms with E-state index in [1.165, 1.54) is 0 Å². The fourth-order valence-corrected chi connectivity index (χ4v) is 5.08. The Balaban J connectivity index is 1.05. The Morgan fingerprint density at radius 3 is 2.74 bits per heavy atom. The average molecular weight is 475 g/mol. The molecule has 3 aliphatic heterocycles. The molecule has 3 aromatic rings. The van der Waals surface area contributed by atoms with Crippen molar-refractivity contribution in [1.29, 1.82) is 0 Å². The lowest BCUT2D eigenvalue weighted by Gasteiger charge is -2.36. The zero-order valence-corrected chi connectivity index (χ0v) is 20.1. The quantitative estimate of drug-likeness (QED) is 0.622. The average Bonchev–Trinajstić information content (AvgIpc) is 2.89. The minimum atomic E-state index is -0.0406. The lowest BCUT2D eigenvalue weighted by atomic mass is 10.0. The Labute approximate surface area is 204 Å². The van der Waals surface area contributed by atoms with Gasteiger partial charge in [0, 0.05) is 49.5 Å². The number of nitrogens with one attached hydrogen (secondary N) is 1. The SMILES string of the molecule is Cc1ccc2c3c(ccc2n1)OC[C@H](CNC1CCN(c2ccc4c(c2)N(C)C(=O)CO4)CC1)O3. The van der Waals surface area contributed by atoms with Gasteiger partial charge in [-0.1, -0.05) is 0 Å². The Hall–Kier alpha value is -3.52. The second-order valence-corrected chi connectivity index (χ2v) is 9.53. The van der Waals surface area contributed by atoms with Crippen LogP contribution in [0.1, 0.15) is 18.5 Å². The van der Waals surface area contributed by atoms with E-state index >= 15 is 0 Å². The highest BCUT2D eigenvalue weighted by Crippen LogP contribution is 2.38. The first kappa shape index (κ1) is 22.0. The molecule has 1 N–H and O–H groups in total. The summed E-state index contributed by atoms with van der Waals surface area (Å²) in [5.41, 5.74) is 3.89. The number of aryl methyl sites for hydroxylation is 1. The molecule has 1 atom stereocenters. The van der Waals surface area contributed by atoms with E-state index in [-0.39, 0.29) is 18.6 Å². The summed E-state index contributed by atoms with van der Waals surface area (Å²) in [6.07, 6.45) is 2.04. The van der Waals surface area contributed by atoms with Crippen molar-refractivity contribution in [3.8, 4) is 17.2 Å². The number of amides is 1. The second kappa shape index (κ2) is 8.92. The Kier molecular flexibility index (Phi) is 5.60. The van der Waals surface area contributed by atoms with Crippen LogP contribution in [0.3, 0.4) is 0 Å². The number of carbonyl (C=O) groups is 1. The first-order chi connectivity index (χ1) is 17.0. The van der Waals surface area contributed by atoms with Gasteiger partial charge in [0.05, 0.1) is 11.2 Å². The van der Waals surface area contributed by atoms with E-state index in [1.807, 2.05) is 31.2 Å². The third-order valence-electron chi connectivity index (χ3n) is 7.16. The van der Waals surface area contributed by atoms with Gasteiger partial charge in [0.2, 0.25) is 0 Å². The predicted octanol–water partition coefficient (Wildman–Crippen LogP) is 3.30. The first-order valence-corrected chi connectivity index (χ1v) is 12.3. The van der Waals surface area contributed by atoms with Gasteiger partial charge in [-0.25, -0.2) is 0 Å². The third kappa shape index (κ3) is 4.23. The Bertz CT molecular complexity index is 1270. The number of rotatable bonds is 4. The molecule has 8 heteroatoms. The molecular formula is C27H30N4O4. The molecule has 0 radical (unpaired) electrons. The molecule has 1 amide bonds. The largest absolute Gasteiger partial charge is 0.486 e. The van der Waals surface area contributed by atoms with Crippen molar-refractivity contribution < 1.29 is 19.0 Å². The molecule has 35 heavy (non-hydrogen) atoms. The van der Waals surface area contributed by atoms with Crippen molar-refractivity contribution in [3.05, 3.63) is 48.2 Å². The van der Waals surface area contributed by atoms with Crippen LogP contribution in [0.2, 0.25) is 0 Å². The number of nitrogens with zero attached hydrogens (tertiary/aromatic N) is 3. The smallest absolute Gasteiger partial charge is 0.264 e. The summed E-state index contributed by atoms with van der Waals surface area (Å²) in [4.78, 5) is 20.7. The summed E-state index contributed by atoms with van der Waals surface area (Å²) in [6, 6.07) is 14.5. The van der Waals surface area contributed by atoms with Crippen LogP contribution in [0.15, 0.2) is 42.5 Å². The summed E-state index contributed by atoms with van der Waals surface area (Å²) >= 11 is 0. The number of benzene rings is 2. The molecule has 0 bridgehead atoms. The van der Waals surface area contributed by atoms with E-state index < -0.39 is 0 Å². The van der Waals surface area contributed by atoms with E-state index in [4.69, 9.17) is 14.2 Å². The van der Waals surface area contributed by atoms with E-state index in [2.05, 4.69) is 33.4 Å². The van der Waals surface area contributed by atoms with Crippen molar-refractivity contribution >= 4 is 28.2 Å². The number of fused-ring (bicyclic) bond motifs is 4. The van der Waals surface area contributed by atoms with Gasteiger partial charge in [-0.05, 0) is 62.2 Å². The lowest BCUT2D eigenvalue weighted by Crippen LogP contribution is -2.47. The summed E-state index contributed by atoms with van der Waals surface area (Å²) in [7, 11) is 1.80. The molecule has 1 fully saturated rings. The number of hydrogen-bond donors (Lipinski definition) is 1. The predicted molar refractivity (Wildman–Crippen MR) is 135 cm³/mol. The van der Waals surface area contributed by atoms with Crippen molar-refractivity contribution in [2.45, 2.75) is 31.9 Å². The fourth-order valence-electron chi connectivity index (χ4n) is 5.08. The zero-order chi connectivity index (χ0) is 23.9. The van der Waals surface area contributed by atoms with Crippen LogP contribution in [0.5, 0.6) is 17.2 Å². The lowest BCUT2D eigenvalue weighted by molar-refractivity contribution is -0.120. The molecule has 1 saturated heterocycles. The van der Waals surface area contributed by atoms with Crippen molar-refractivity contribution in [2.75, 3.05) is 49.7 Å². The standard InChI is InChI=1S/C27H30N4O4/c1-17-3-5-21-22(29-17)6-8-25-27(21)35-20(15-33-25)14-28-18-9-11-31(12-10-18)19-4-7-24-23(13-19)30(2)26(32)16-34-24/h3-8,13,18,20,28H,9-12,14-16H2,1-2H3/t20-/m0/s1. The van der Waals surface area contributed by atoms with Crippen LogP contribution in [0.4, 0.5) is 11.4 Å². The number of aromatic nitrogens is 1. The molecule has 6 rings (SSSR count). The molecule has 0 spiro atoms. The zero-order valence-electron chi connectivity index (χ0n) is 20.1. The molecule has 0 aliphatic carbocycles. The second-order valence-electron chi connectivity index (χ2n) is 9.53. The molecular weight excluding hydrogens is 444 g/mol. The maximum absolute atomic E-state index is 12.0. The van der Waals surface area contributed by atoms with Gasteiger partial charge in [-0.3, -0.25) is 9.78 Å². The maximum atomic E-state index is 12.0.